The Kier molecular flexibility index (Phi) is 4.42. The molecule has 0 atom stereocenters. The average molecular weight is 299 g/mol. The van der Waals surface area contributed by atoms with Gasteiger partial charge in [0.2, 0.25) is 0 Å². The molecule has 0 aromatic heterocycles. The van der Waals surface area contributed by atoms with Gasteiger partial charge in [-0.2, -0.15) is 0 Å². The Balaban J connectivity index is 2.07. The minimum absolute atomic E-state index is 0.390. The molecule has 1 aliphatic heterocycles. The molecule has 4 heteroatoms. The van der Waals surface area contributed by atoms with Gasteiger partial charge in [-0.1, -0.05) is 22.9 Å². The zero-order chi connectivity index (χ0) is 12.3. The molecule has 1 aliphatic rings. The summed E-state index contributed by atoms with van der Waals surface area (Å²) in [6.07, 6.45) is 1.14. The highest BCUT2D eigenvalue weighted by molar-refractivity contribution is 9.10. The van der Waals surface area contributed by atoms with Crippen LogP contribution in [0.25, 0.3) is 0 Å². The van der Waals surface area contributed by atoms with E-state index in [2.05, 4.69) is 33.1 Å². The maximum atomic E-state index is 9.86. The summed E-state index contributed by atoms with van der Waals surface area (Å²) in [6, 6.07) is 6.24. The molecule has 0 bridgehead atoms. The molecular formula is C13H19BrN2O. The topological polar surface area (TPSA) is 35.5 Å². The summed E-state index contributed by atoms with van der Waals surface area (Å²) in [6.45, 7) is 6.23. The molecule has 0 unspecified atom stereocenters. The van der Waals surface area contributed by atoms with Crippen LogP contribution in [-0.2, 0) is 6.54 Å². The fourth-order valence-electron chi connectivity index (χ4n) is 2.11. The predicted molar refractivity (Wildman–Crippen MR) is 73.2 cm³/mol. The van der Waals surface area contributed by atoms with Crippen molar-refractivity contribution in [2.24, 2.45) is 0 Å². The van der Waals surface area contributed by atoms with Gasteiger partial charge in [0.1, 0.15) is 5.75 Å². The van der Waals surface area contributed by atoms with Gasteiger partial charge in [-0.05, 0) is 31.2 Å². The first-order chi connectivity index (χ1) is 8.20. The standard InChI is InChI=1S/C13H19BrN2O/c1-2-5-16(12-7-15-8-12)9-10-6-11(14)3-4-13(10)17/h3-4,6,12,15,17H,2,5,7-9H2,1H3. The van der Waals surface area contributed by atoms with E-state index < -0.39 is 0 Å². The van der Waals surface area contributed by atoms with Crippen molar-refractivity contribution in [3.63, 3.8) is 0 Å². The second kappa shape index (κ2) is 5.85. The smallest absolute Gasteiger partial charge is 0.120 e. The average Bonchev–Trinajstić information content (AvgIpc) is 2.21. The Morgan fingerprint density at radius 2 is 2.24 bits per heavy atom. The Hall–Kier alpha value is -0.580. The summed E-state index contributed by atoms with van der Waals surface area (Å²) in [7, 11) is 0. The van der Waals surface area contributed by atoms with Crippen LogP contribution in [-0.4, -0.2) is 35.7 Å². The van der Waals surface area contributed by atoms with Gasteiger partial charge in [-0.3, -0.25) is 4.90 Å². The van der Waals surface area contributed by atoms with E-state index in [1.807, 2.05) is 12.1 Å². The Morgan fingerprint density at radius 1 is 1.47 bits per heavy atom. The summed E-state index contributed by atoms with van der Waals surface area (Å²) >= 11 is 3.45. The molecule has 1 aromatic carbocycles. The molecule has 2 rings (SSSR count). The Bertz CT molecular complexity index is 380. The first-order valence-electron chi connectivity index (χ1n) is 6.13. The lowest BCUT2D eigenvalue weighted by Gasteiger charge is -2.38. The van der Waals surface area contributed by atoms with Crippen molar-refractivity contribution < 1.29 is 5.11 Å². The van der Waals surface area contributed by atoms with Crippen molar-refractivity contribution in [3.05, 3.63) is 28.2 Å². The maximum Gasteiger partial charge on any atom is 0.120 e. The minimum Gasteiger partial charge on any atom is -0.508 e. The third-order valence-electron chi connectivity index (χ3n) is 3.20. The van der Waals surface area contributed by atoms with Gasteiger partial charge in [0.25, 0.3) is 0 Å². The van der Waals surface area contributed by atoms with Crippen LogP contribution in [0.3, 0.4) is 0 Å². The molecule has 1 saturated heterocycles. The summed E-state index contributed by atoms with van der Waals surface area (Å²) in [5.41, 5.74) is 1.000. The molecule has 94 valence electrons. The van der Waals surface area contributed by atoms with Crippen LogP contribution in [0, 0.1) is 0 Å². The van der Waals surface area contributed by atoms with Gasteiger partial charge in [-0.25, -0.2) is 0 Å². The van der Waals surface area contributed by atoms with Crippen molar-refractivity contribution in [2.75, 3.05) is 19.6 Å². The predicted octanol–water partition coefficient (Wildman–Crippen LogP) is 2.34. The van der Waals surface area contributed by atoms with Gasteiger partial charge in [0, 0.05) is 35.7 Å². The third kappa shape index (κ3) is 3.21. The number of phenolic OH excluding ortho intramolecular Hbond substituents is 1. The lowest BCUT2D eigenvalue weighted by atomic mass is 10.1. The van der Waals surface area contributed by atoms with Crippen LogP contribution >= 0.6 is 15.9 Å². The summed E-state index contributed by atoms with van der Waals surface area (Å²) in [4.78, 5) is 2.44. The molecule has 0 aliphatic carbocycles. The first-order valence-corrected chi connectivity index (χ1v) is 6.92. The molecule has 1 aromatic rings. The SMILES string of the molecule is CCCN(Cc1cc(Br)ccc1O)C1CNC1. The van der Waals surface area contributed by atoms with E-state index >= 15 is 0 Å². The van der Waals surface area contributed by atoms with Crippen molar-refractivity contribution >= 4 is 15.9 Å². The molecular weight excluding hydrogens is 280 g/mol. The summed E-state index contributed by atoms with van der Waals surface area (Å²) in [5, 5.41) is 13.2. The zero-order valence-electron chi connectivity index (χ0n) is 10.1. The van der Waals surface area contributed by atoms with E-state index in [1.54, 1.807) is 6.07 Å². The van der Waals surface area contributed by atoms with E-state index in [4.69, 9.17) is 0 Å². The molecule has 1 heterocycles. The molecule has 17 heavy (non-hydrogen) atoms. The summed E-state index contributed by atoms with van der Waals surface area (Å²) < 4.78 is 1.02. The number of nitrogens with one attached hydrogen (secondary N) is 1. The summed E-state index contributed by atoms with van der Waals surface area (Å²) in [5.74, 6) is 0.390. The monoisotopic (exact) mass is 298 g/mol. The third-order valence-corrected chi connectivity index (χ3v) is 3.70. The second-order valence-electron chi connectivity index (χ2n) is 4.56. The lowest BCUT2D eigenvalue weighted by molar-refractivity contribution is 0.136. The number of benzene rings is 1. The van der Waals surface area contributed by atoms with Crippen molar-refractivity contribution in [3.8, 4) is 5.75 Å². The van der Waals surface area contributed by atoms with Crippen molar-refractivity contribution in [1.29, 1.82) is 0 Å². The Labute approximate surface area is 111 Å². The quantitative estimate of drug-likeness (QED) is 0.876. The van der Waals surface area contributed by atoms with Crippen LogP contribution < -0.4 is 5.32 Å². The largest absolute Gasteiger partial charge is 0.508 e. The molecule has 0 saturated carbocycles. The molecule has 1 fully saturated rings. The number of nitrogens with zero attached hydrogens (tertiary/aromatic N) is 1. The van der Waals surface area contributed by atoms with Crippen LogP contribution in [0.4, 0.5) is 0 Å². The lowest BCUT2D eigenvalue weighted by Crippen LogP contribution is -2.56. The van der Waals surface area contributed by atoms with Crippen LogP contribution in [0.5, 0.6) is 5.75 Å². The van der Waals surface area contributed by atoms with Crippen molar-refractivity contribution in [1.82, 2.24) is 10.2 Å². The van der Waals surface area contributed by atoms with Gasteiger partial charge < -0.3 is 10.4 Å². The number of halogens is 1. The van der Waals surface area contributed by atoms with E-state index in [0.29, 0.717) is 11.8 Å². The molecule has 0 amide bonds. The van der Waals surface area contributed by atoms with E-state index in [9.17, 15) is 5.11 Å². The minimum atomic E-state index is 0.390. The highest BCUT2D eigenvalue weighted by atomic mass is 79.9. The van der Waals surface area contributed by atoms with E-state index in [0.717, 1.165) is 42.6 Å². The maximum absolute atomic E-state index is 9.86. The molecule has 3 nitrogen and oxygen atoms in total. The number of phenols is 1. The van der Waals surface area contributed by atoms with E-state index in [-0.39, 0.29) is 0 Å². The fraction of sp³-hybridized carbons (Fsp3) is 0.538. The van der Waals surface area contributed by atoms with Gasteiger partial charge in [0.05, 0.1) is 0 Å². The van der Waals surface area contributed by atoms with Crippen LogP contribution in [0.15, 0.2) is 22.7 Å². The highest BCUT2D eigenvalue weighted by Crippen LogP contribution is 2.24. The number of aromatic hydroxyl groups is 1. The van der Waals surface area contributed by atoms with Crippen LogP contribution in [0.1, 0.15) is 18.9 Å². The second-order valence-corrected chi connectivity index (χ2v) is 5.47. The van der Waals surface area contributed by atoms with Gasteiger partial charge in [-0.15, -0.1) is 0 Å². The zero-order valence-corrected chi connectivity index (χ0v) is 11.7. The van der Waals surface area contributed by atoms with E-state index in [1.165, 1.54) is 0 Å². The number of hydrogen-bond donors (Lipinski definition) is 2. The van der Waals surface area contributed by atoms with Crippen molar-refractivity contribution in [2.45, 2.75) is 25.9 Å². The van der Waals surface area contributed by atoms with Gasteiger partial charge >= 0.3 is 0 Å². The molecule has 0 radical (unpaired) electrons. The molecule has 0 spiro atoms. The first kappa shape index (κ1) is 12.9. The molecule has 2 N–H and O–H groups in total. The Morgan fingerprint density at radius 3 is 2.82 bits per heavy atom. The fourth-order valence-corrected chi connectivity index (χ4v) is 2.52. The highest BCUT2D eigenvalue weighted by Gasteiger charge is 2.24. The number of rotatable bonds is 5. The number of hydrogen-bond acceptors (Lipinski definition) is 3. The van der Waals surface area contributed by atoms with Crippen LogP contribution in [0.2, 0.25) is 0 Å². The normalized spacial score (nSPS) is 16.2. The van der Waals surface area contributed by atoms with Gasteiger partial charge in [0.15, 0.2) is 0 Å².